The fourth-order valence-electron chi connectivity index (χ4n) is 2.85. The van der Waals surface area contributed by atoms with Crippen LogP contribution in [0.4, 0.5) is 9.18 Å². The molecule has 1 unspecified atom stereocenters. The van der Waals surface area contributed by atoms with Gasteiger partial charge in [-0.15, -0.1) is 0 Å². The molecule has 26 heavy (non-hydrogen) atoms. The van der Waals surface area contributed by atoms with Gasteiger partial charge in [-0.1, -0.05) is 28.1 Å². The minimum absolute atomic E-state index is 0.113. The Labute approximate surface area is 161 Å². The van der Waals surface area contributed by atoms with Crippen molar-refractivity contribution in [2.75, 3.05) is 7.11 Å². The quantitative estimate of drug-likeness (QED) is 0.588. The van der Waals surface area contributed by atoms with E-state index in [9.17, 15) is 14.0 Å². The van der Waals surface area contributed by atoms with Crippen LogP contribution in [0.5, 0.6) is 0 Å². The van der Waals surface area contributed by atoms with Gasteiger partial charge in [0.05, 0.1) is 13.2 Å². The molecule has 0 spiro atoms. The van der Waals surface area contributed by atoms with Gasteiger partial charge < -0.3 is 4.74 Å². The topological polar surface area (TPSA) is 46.6 Å². The van der Waals surface area contributed by atoms with E-state index < -0.39 is 18.0 Å². The first-order chi connectivity index (χ1) is 12.3. The van der Waals surface area contributed by atoms with Crippen LogP contribution in [0.3, 0.4) is 0 Å². The van der Waals surface area contributed by atoms with Crippen molar-refractivity contribution >= 4 is 27.8 Å². The van der Waals surface area contributed by atoms with E-state index in [1.807, 2.05) is 31.2 Å². The summed E-state index contributed by atoms with van der Waals surface area (Å²) >= 11 is 3.39. The van der Waals surface area contributed by atoms with Crippen LogP contribution < -0.4 is 0 Å². The predicted molar refractivity (Wildman–Crippen MR) is 102 cm³/mol. The van der Waals surface area contributed by atoms with Gasteiger partial charge in [0.1, 0.15) is 5.82 Å². The number of carbonyl (C=O) groups excluding carboxylic acids is 2. The van der Waals surface area contributed by atoms with E-state index in [1.54, 1.807) is 11.8 Å². The first kappa shape index (κ1) is 20.1. The van der Waals surface area contributed by atoms with Crippen LogP contribution in [0.15, 0.2) is 53.0 Å². The molecule has 0 bridgehead atoms. The summed E-state index contributed by atoms with van der Waals surface area (Å²) < 4.78 is 18.9. The van der Waals surface area contributed by atoms with Crippen LogP contribution >= 0.6 is 15.9 Å². The molecule has 0 aliphatic rings. The Morgan fingerprint density at radius 2 is 1.65 bits per heavy atom. The van der Waals surface area contributed by atoms with E-state index in [4.69, 9.17) is 4.74 Å². The van der Waals surface area contributed by atoms with Crippen molar-refractivity contribution in [1.82, 2.24) is 4.90 Å². The molecule has 0 aliphatic heterocycles. The molecule has 6 heteroatoms. The van der Waals surface area contributed by atoms with Gasteiger partial charge >= 0.3 is 6.09 Å². The summed E-state index contributed by atoms with van der Waals surface area (Å²) in [7, 11) is 1.32. The zero-order chi connectivity index (χ0) is 19.3. The number of carbonyl (C=O) groups is 2. The van der Waals surface area contributed by atoms with E-state index in [1.165, 1.54) is 31.4 Å². The molecular formula is C20H21BrFNO3. The Kier molecular flexibility index (Phi) is 6.91. The zero-order valence-corrected chi connectivity index (χ0v) is 16.5. The highest BCUT2D eigenvalue weighted by molar-refractivity contribution is 9.10. The molecular weight excluding hydrogens is 401 g/mol. The third-order valence-electron chi connectivity index (χ3n) is 4.28. The predicted octanol–water partition coefficient (Wildman–Crippen LogP) is 5.38. The molecule has 0 radical (unpaired) electrons. The highest BCUT2D eigenvalue weighted by atomic mass is 79.9. The van der Waals surface area contributed by atoms with Gasteiger partial charge in [0, 0.05) is 22.5 Å². The minimum atomic E-state index is -0.500. The lowest BCUT2D eigenvalue weighted by Crippen LogP contribution is -2.41. The molecule has 2 aromatic carbocycles. The first-order valence-corrected chi connectivity index (χ1v) is 9.03. The SMILES string of the molecule is COC(=O)N(C(C)CC(=O)c1ccc(F)cc1)[C@@H](C)c1ccc(Br)cc1. The summed E-state index contributed by atoms with van der Waals surface area (Å²) in [6, 6.07) is 12.4. The van der Waals surface area contributed by atoms with E-state index in [-0.39, 0.29) is 18.2 Å². The van der Waals surface area contributed by atoms with Crippen LogP contribution in [-0.2, 0) is 4.74 Å². The molecule has 138 valence electrons. The minimum Gasteiger partial charge on any atom is -0.453 e. The monoisotopic (exact) mass is 421 g/mol. The number of amides is 1. The molecule has 0 fully saturated rings. The van der Waals surface area contributed by atoms with Gasteiger partial charge in [0.25, 0.3) is 0 Å². The highest BCUT2D eigenvalue weighted by Crippen LogP contribution is 2.26. The number of halogens is 2. The molecule has 0 heterocycles. The molecule has 0 saturated heterocycles. The van der Waals surface area contributed by atoms with Crippen molar-refractivity contribution in [3.05, 3.63) is 69.9 Å². The normalized spacial score (nSPS) is 13.0. The van der Waals surface area contributed by atoms with Gasteiger partial charge in [0.2, 0.25) is 0 Å². The standard InChI is InChI=1S/C20H21BrFNO3/c1-13(12-19(24)16-6-10-18(22)11-7-16)23(20(25)26-3)14(2)15-4-8-17(21)9-5-15/h4-11,13-14H,12H2,1-3H3/t13?,14-/m0/s1. The van der Waals surface area contributed by atoms with Crippen LogP contribution in [0.25, 0.3) is 0 Å². The fourth-order valence-corrected chi connectivity index (χ4v) is 3.11. The maximum atomic E-state index is 13.0. The fraction of sp³-hybridized carbons (Fsp3) is 0.300. The number of rotatable bonds is 6. The van der Waals surface area contributed by atoms with Crippen LogP contribution in [0, 0.1) is 5.82 Å². The highest BCUT2D eigenvalue weighted by Gasteiger charge is 2.29. The van der Waals surface area contributed by atoms with E-state index in [0.29, 0.717) is 5.56 Å². The Morgan fingerprint density at radius 1 is 1.08 bits per heavy atom. The second-order valence-corrected chi connectivity index (χ2v) is 7.00. The van der Waals surface area contributed by atoms with Crippen molar-refractivity contribution in [1.29, 1.82) is 0 Å². The molecule has 0 aromatic heterocycles. The number of benzene rings is 2. The summed E-state index contributed by atoms with van der Waals surface area (Å²) in [6.45, 7) is 3.69. The van der Waals surface area contributed by atoms with Crippen molar-refractivity contribution in [2.24, 2.45) is 0 Å². The lowest BCUT2D eigenvalue weighted by atomic mass is 10.0. The average Bonchev–Trinajstić information content (AvgIpc) is 2.62. The third kappa shape index (κ3) is 4.91. The number of ketones is 1. The second kappa shape index (κ2) is 8.94. The zero-order valence-electron chi connectivity index (χ0n) is 14.9. The molecule has 0 aliphatic carbocycles. The van der Waals surface area contributed by atoms with Crippen molar-refractivity contribution in [2.45, 2.75) is 32.4 Å². The Balaban J connectivity index is 2.19. The molecule has 2 rings (SSSR count). The number of methoxy groups -OCH3 is 1. The number of Topliss-reactive ketones (excluding diaryl/α,β-unsaturated/α-hetero) is 1. The second-order valence-electron chi connectivity index (χ2n) is 6.09. The van der Waals surface area contributed by atoms with Gasteiger partial charge in [-0.2, -0.15) is 0 Å². The van der Waals surface area contributed by atoms with Gasteiger partial charge in [-0.05, 0) is 55.8 Å². The summed E-state index contributed by atoms with van der Waals surface area (Å²) in [6.07, 6.45) is -0.387. The van der Waals surface area contributed by atoms with Crippen molar-refractivity contribution < 1.29 is 18.7 Å². The van der Waals surface area contributed by atoms with Gasteiger partial charge in [-0.25, -0.2) is 9.18 Å². The third-order valence-corrected chi connectivity index (χ3v) is 4.81. The number of hydrogen-bond donors (Lipinski definition) is 0. The van der Waals surface area contributed by atoms with Gasteiger partial charge in [-0.3, -0.25) is 9.69 Å². The lowest BCUT2D eigenvalue weighted by molar-refractivity contribution is 0.0781. The number of hydrogen-bond acceptors (Lipinski definition) is 3. The molecule has 2 aromatic rings. The molecule has 1 amide bonds. The van der Waals surface area contributed by atoms with Crippen LogP contribution in [0.2, 0.25) is 0 Å². The van der Waals surface area contributed by atoms with Crippen molar-refractivity contribution in [3.8, 4) is 0 Å². The average molecular weight is 422 g/mol. The summed E-state index contributed by atoms with van der Waals surface area (Å²) in [5.41, 5.74) is 1.35. The molecule has 0 N–H and O–H groups in total. The smallest absolute Gasteiger partial charge is 0.410 e. The molecule has 0 saturated carbocycles. The Hall–Kier alpha value is -2.21. The van der Waals surface area contributed by atoms with Crippen molar-refractivity contribution in [3.63, 3.8) is 0 Å². The van der Waals surface area contributed by atoms with E-state index >= 15 is 0 Å². The summed E-state index contributed by atoms with van der Waals surface area (Å²) in [5.74, 6) is -0.552. The maximum absolute atomic E-state index is 13.0. The van der Waals surface area contributed by atoms with E-state index in [0.717, 1.165) is 10.0 Å². The first-order valence-electron chi connectivity index (χ1n) is 8.24. The van der Waals surface area contributed by atoms with Gasteiger partial charge in [0.15, 0.2) is 5.78 Å². The van der Waals surface area contributed by atoms with E-state index in [2.05, 4.69) is 15.9 Å². The maximum Gasteiger partial charge on any atom is 0.410 e. The molecule has 4 nitrogen and oxygen atoms in total. The molecule has 2 atom stereocenters. The lowest BCUT2D eigenvalue weighted by Gasteiger charge is -2.33. The van der Waals surface area contributed by atoms with Crippen LogP contribution in [0.1, 0.15) is 42.2 Å². The Bertz CT molecular complexity index is 762. The Morgan fingerprint density at radius 3 is 2.19 bits per heavy atom. The number of nitrogens with zero attached hydrogens (tertiary/aromatic N) is 1. The summed E-state index contributed by atoms with van der Waals surface area (Å²) in [5, 5.41) is 0. The summed E-state index contributed by atoms with van der Waals surface area (Å²) in [4.78, 5) is 26.4. The van der Waals surface area contributed by atoms with Crippen LogP contribution in [-0.4, -0.2) is 29.9 Å². The number of ether oxygens (including phenoxy) is 1. The largest absolute Gasteiger partial charge is 0.453 e.